The van der Waals surface area contributed by atoms with E-state index in [0.717, 1.165) is 24.0 Å². The van der Waals surface area contributed by atoms with E-state index >= 15 is 0 Å². The summed E-state index contributed by atoms with van der Waals surface area (Å²) in [7, 11) is 0. The second kappa shape index (κ2) is 7.06. The smallest absolute Gasteiger partial charge is 0.291 e. The van der Waals surface area contributed by atoms with E-state index in [2.05, 4.69) is 0 Å². The lowest BCUT2D eigenvalue weighted by Gasteiger charge is -2.27. The van der Waals surface area contributed by atoms with Gasteiger partial charge in [-0.15, -0.1) is 0 Å². The van der Waals surface area contributed by atoms with E-state index in [0.29, 0.717) is 17.6 Å². The van der Waals surface area contributed by atoms with Gasteiger partial charge in [-0.3, -0.25) is 9.59 Å². The van der Waals surface area contributed by atoms with Crippen molar-refractivity contribution in [2.45, 2.75) is 38.8 Å². The van der Waals surface area contributed by atoms with Crippen LogP contribution in [0.25, 0.3) is 11.0 Å². The third-order valence-corrected chi connectivity index (χ3v) is 6.21. The molecule has 0 spiro atoms. The standard InChI is InChI=1S/C24H22FNO4/c1-13-10-17-19(11-14(13)2)30-23-20(22(17)27)21(16-7-3-4-8-18(16)25)26(24(23)28)12-15-6-5-9-29-15/h3-4,7-8,10-11,15,21H,5-6,9,12H2,1-2H3. The topological polar surface area (TPSA) is 59.8 Å². The maximum absolute atomic E-state index is 14.8. The van der Waals surface area contributed by atoms with E-state index in [-0.39, 0.29) is 35.0 Å². The minimum Gasteiger partial charge on any atom is -0.450 e. The van der Waals surface area contributed by atoms with Gasteiger partial charge in [0.2, 0.25) is 5.76 Å². The predicted octanol–water partition coefficient (Wildman–Crippen LogP) is 4.27. The highest BCUT2D eigenvalue weighted by Gasteiger charge is 2.44. The van der Waals surface area contributed by atoms with Crippen LogP contribution in [0.15, 0.2) is 45.6 Å². The van der Waals surface area contributed by atoms with Gasteiger partial charge in [-0.2, -0.15) is 0 Å². The van der Waals surface area contributed by atoms with Gasteiger partial charge in [-0.05, 0) is 56.0 Å². The number of hydrogen-bond donors (Lipinski definition) is 0. The molecule has 0 bridgehead atoms. The van der Waals surface area contributed by atoms with Gasteiger partial charge in [-0.1, -0.05) is 18.2 Å². The first-order chi connectivity index (χ1) is 14.5. The first-order valence-corrected chi connectivity index (χ1v) is 10.2. The molecular weight excluding hydrogens is 385 g/mol. The fourth-order valence-electron chi connectivity index (χ4n) is 4.49. The van der Waals surface area contributed by atoms with Crippen molar-refractivity contribution >= 4 is 16.9 Å². The van der Waals surface area contributed by atoms with Crippen LogP contribution >= 0.6 is 0 Å². The van der Waals surface area contributed by atoms with Crippen molar-refractivity contribution in [3.8, 4) is 0 Å². The van der Waals surface area contributed by atoms with Gasteiger partial charge in [0.25, 0.3) is 5.91 Å². The largest absolute Gasteiger partial charge is 0.450 e. The Bertz CT molecular complexity index is 1230. The number of nitrogens with zero attached hydrogens (tertiary/aromatic N) is 1. The molecule has 0 saturated carbocycles. The van der Waals surface area contributed by atoms with E-state index in [1.54, 1.807) is 30.3 Å². The van der Waals surface area contributed by atoms with Gasteiger partial charge in [0, 0.05) is 18.7 Å². The second-order valence-corrected chi connectivity index (χ2v) is 8.12. The molecule has 5 rings (SSSR count). The lowest BCUT2D eigenvalue weighted by atomic mass is 9.97. The summed E-state index contributed by atoms with van der Waals surface area (Å²) in [4.78, 5) is 28.4. The van der Waals surface area contributed by atoms with E-state index in [9.17, 15) is 14.0 Å². The minimum atomic E-state index is -0.833. The summed E-state index contributed by atoms with van der Waals surface area (Å²) in [6.45, 7) is 4.78. The number of carbonyl (C=O) groups excluding carboxylic acids is 1. The summed E-state index contributed by atoms with van der Waals surface area (Å²) in [6.07, 6.45) is 1.61. The number of ether oxygens (including phenoxy) is 1. The summed E-state index contributed by atoms with van der Waals surface area (Å²) in [6, 6.07) is 8.99. The fourth-order valence-corrected chi connectivity index (χ4v) is 4.49. The molecule has 0 aliphatic carbocycles. The number of amides is 1. The van der Waals surface area contributed by atoms with Crippen LogP contribution in [0.3, 0.4) is 0 Å². The Morgan fingerprint density at radius 3 is 2.63 bits per heavy atom. The summed E-state index contributed by atoms with van der Waals surface area (Å²) in [5.74, 6) is -0.854. The zero-order valence-electron chi connectivity index (χ0n) is 16.9. The third-order valence-electron chi connectivity index (χ3n) is 6.21. The molecule has 30 heavy (non-hydrogen) atoms. The maximum atomic E-state index is 14.8. The molecule has 0 radical (unpaired) electrons. The van der Waals surface area contributed by atoms with Crippen LogP contribution in [-0.4, -0.2) is 30.1 Å². The molecule has 3 heterocycles. The van der Waals surface area contributed by atoms with Gasteiger partial charge in [0.15, 0.2) is 5.43 Å². The molecule has 5 nitrogen and oxygen atoms in total. The maximum Gasteiger partial charge on any atom is 0.291 e. The molecule has 2 aliphatic rings. The lowest BCUT2D eigenvalue weighted by Crippen LogP contribution is -2.36. The van der Waals surface area contributed by atoms with E-state index in [1.807, 2.05) is 13.8 Å². The number of aryl methyl sites for hydroxylation is 2. The first kappa shape index (κ1) is 19.0. The van der Waals surface area contributed by atoms with Gasteiger partial charge >= 0.3 is 0 Å². The van der Waals surface area contributed by atoms with E-state index < -0.39 is 17.8 Å². The Labute approximate surface area is 173 Å². The number of hydrogen-bond acceptors (Lipinski definition) is 4. The molecule has 1 aromatic heterocycles. The van der Waals surface area contributed by atoms with Crippen LogP contribution < -0.4 is 5.43 Å². The summed E-state index contributed by atoms with van der Waals surface area (Å²) >= 11 is 0. The van der Waals surface area contributed by atoms with Crippen molar-refractivity contribution < 1.29 is 18.3 Å². The highest BCUT2D eigenvalue weighted by atomic mass is 19.1. The van der Waals surface area contributed by atoms with Crippen LogP contribution in [0.4, 0.5) is 4.39 Å². The predicted molar refractivity (Wildman–Crippen MR) is 110 cm³/mol. The Kier molecular flexibility index (Phi) is 4.47. The number of halogens is 1. The third kappa shape index (κ3) is 2.86. The molecule has 2 aromatic carbocycles. The Balaban J connectivity index is 1.74. The van der Waals surface area contributed by atoms with Gasteiger partial charge < -0.3 is 14.1 Å². The molecule has 6 heteroatoms. The van der Waals surface area contributed by atoms with Crippen molar-refractivity contribution in [3.05, 3.63) is 80.5 Å². The average molecular weight is 407 g/mol. The van der Waals surface area contributed by atoms with Crippen molar-refractivity contribution in [1.29, 1.82) is 0 Å². The summed E-state index contributed by atoms with van der Waals surface area (Å²) in [5.41, 5.74) is 2.51. The Morgan fingerprint density at radius 2 is 1.90 bits per heavy atom. The van der Waals surface area contributed by atoms with Gasteiger partial charge in [0.1, 0.15) is 11.4 Å². The van der Waals surface area contributed by atoms with Crippen LogP contribution in [0, 0.1) is 19.7 Å². The van der Waals surface area contributed by atoms with Crippen molar-refractivity contribution in [2.24, 2.45) is 0 Å². The van der Waals surface area contributed by atoms with Gasteiger partial charge in [0.05, 0.1) is 23.1 Å². The molecule has 2 atom stereocenters. The van der Waals surface area contributed by atoms with Crippen molar-refractivity contribution in [1.82, 2.24) is 4.90 Å². The molecule has 1 amide bonds. The molecule has 154 valence electrons. The number of benzene rings is 2. The molecule has 2 unspecified atom stereocenters. The molecular formula is C24H22FNO4. The van der Waals surface area contributed by atoms with Crippen LogP contribution in [0.1, 0.15) is 51.7 Å². The molecule has 3 aromatic rings. The summed E-state index contributed by atoms with van der Waals surface area (Å²) < 4.78 is 26.5. The molecule has 1 saturated heterocycles. The zero-order valence-corrected chi connectivity index (χ0v) is 16.9. The number of carbonyl (C=O) groups is 1. The summed E-state index contributed by atoms with van der Waals surface area (Å²) in [5, 5.41) is 0.407. The number of fused-ring (bicyclic) bond motifs is 2. The quantitative estimate of drug-likeness (QED) is 0.651. The van der Waals surface area contributed by atoms with Crippen LogP contribution in [-0.2, 0) is 4.74 Å². The second-order valence-electron chi connectivity index (χ2n) is 8.12. The minimum absolute atomic E-state index is 0.00185. The van der Waals surface area contributed by atoms with E-state index in [4.69, 9.17) is 9.15 Å². The Morgan fingerprint density at radius 1 is 1.13 bits per heavy atom. The van der Waals surface area contributed by atoms with Crippen molar-refractivity contribution in [3.63, 3.8) is 0 Å². The van der Waals surface area contributed by atoms with Crippen LogP contribution in [0.2, 0.25) is 0 Å². The molecule has 0 N–H and O–H groups in total. The zero-order chi connectivity index (χ0) is 21.0. The van der Waals surface area contributed by atoms with E-state index in [1.165, 1.54) is 11.0 Å². The van der Waals surface area contributed by atoms with Crippen molar-refractivity contribution in [2.75, 3.05) is 13.2 Å². The Hall–Kier alpha value is -2.99. The number of rotatable bonds is 3. The monoisotopic (exact) mass is 407 g/mol. The highest BCUT2D eigenvalue weighted by molar-refractivity contribution is 5.99. The normalized spacial score (nSPS) is 20.9. The highest BCUT2D eigenvalue weighted by Crippen LogP contribution is 2.40. The first-order valence-electron chi connectivity index (χ1n) is 10.2. The average Bonchev–Trinajstić information content (AvgIpc) is 3.32. The SMILES string of the molecule is Cc1cc2oc3c(c(=O)c2cc1C)C(c1ccccc1F)N(CC1CCCO1)C3=O. The van der Waals surface area contributed by atoms with Gasteiger partial charge in [-0.25, -0.2) is 4.39 Å². The molecule has 1 fully saturated rings. The van der Waals surface area contributed by atoms with Crippen LogP contribution in [0.5, 0.6) is 0 Å². The lowest BCUT2D eigenvalue weighted by molar-refractivity contribution is 0.0483. The molecule has 2 aliphatic heterocycles. The fraction of sp³-hybridized carbons (Fsp3) is 0.333.